The maximum absolute atomic E-state index is 11.4. The number of hydrogen-bond donors (Lipinski definition) is 1. The van der Waals surface area contributed by atoms with Crippen LogP contribution in [0.2, 0.25) is 0 Å². The average molecular weight is 594 g/mol. The summed E-state index contributed by atoms with van der Waals surface area (Å²) in [5, 5.41) is 11.4. The number of aryl methyl sites for hydroxylation is 1. The van der Waals surface area contributed by atoms with E-state index in [1.54, 1.807) is 0 Å². The number of hydrogen-bond acceptors (Lipinski definition) is 1. The molecule has 0 aromatic heterocycles. The van der Waals surface area contributed by atoms with E-state index in [0.29, 0.717) is 23.5 Å². The van der Waals surface area contributed by atoms with Crippen molar-refractivity contribution in [2.45, 2.75) is 63.7 Å². The first kappa shape index (κ1) is 31.5. The Hall–Kier alpha value is -2.03. The van der Waals surface area contributed by atoms with E-state index in [0.717, 1.165) is 24.0 Å². The molecule has 0 spiro atoms. The molecule has 0 amide bonds. The number of halogens is 2. The van der Waals surface area contributed by atoms with Gasteiger partial charge in [-0.25, -0.2) is 0 Å². The second kappa shape index (κ2) is 14.0. The predicted molar refractivity (Wildman–Crippen MR) is 165 cm³/mol. The van der Waals surface area contributed by atoms with Gasteiger partial charge in [-0.2, -0.15) is 0 Å². The van der Waals surface area contributed by atoms with Gasteiger partial charge in [0.2, 0.25) is 0 Å². The molecule has 5 rings (SSSR count). The molecule has 0 bridgehead atoms. The van der Waals surface area contributed by atoms with Crippen LogP contribution >= 0.6 is 18.6 Å². The van der Waals surface area contributed by atoms with Crippen LogP contribution < -0.4 is 0 Å². The zero-order valence-corrected chi connectivity index (χ0v) is 26.7. The Morgan fingerprint density at radius 3 is 1.67 bits per heavy atom. The molecule has 1 aliphatic carbocycles. The second-order valence-electron chi connectivity index (χ2n) is 11.3. The Labute approximate surface area is 252 Å². The molecule has 1 saturated carbocycles. The molecule has 2 unspecified atom stereocenters. The van der Waals surface area contributed by atoms with E-state index in [2.05, 4.69) is 125 Å². The molecular formula is C35H39Cl2OTi-. The van der Waals surface area contributed by atoms with Crippen LogP contribution in [0.5, 0.6) is 5.75 Å². The standard InChI is InChI=1S/C34H36O.CH3.2ClH.Ti/c1-23-19-31(33(35)32(20-23)34(2,3)4)28-18-12-11-17-27(28)26-21-29(24-13-7-5-8-14-24)30(22-26)25-15-9-6-10-16-25;;;;/h5-20,26,29-30,35H,21-22H2,1-4H3;1H3;2*1H;/q;-1;;;+2/p-2. The minimum atomic E-state index is -0.556. The summed E-state index contributed by atoms with van der Waals surface area (Å²) in [7, 11) is 9.78. The fourth-order valence-electron chi connectivity index (χ4n) is 6.08. The SMILES string of the molecule is Cc1cc(-c2ccccc2C2CC(c3ccccc3)C(c3ccccc3)C2)c(O)c(C(C)(C)C)c1.[CH3-].[Cl][Ti][Cl]. The van der Waals surface area contributed by atoms with Gasteiger partial charge in [0.15, 0.2) is 0 Å². The third kappa shape index (κ3) is 7.39. The second-order valence-corrected chi connectivity index (χ2v) is 13.9. The van der Waals surface area contributed by atoms with Gasteiger partial charge in [-0.3, -0.25) is 0 Å². The van der Waals surface area contributed by atoms with Crippen molar-refractivity contribution in [2.24, 2.45) is 0 Å². The van der Waals surface area contributed by atoms with E-state index in [-0.39, 0.29) is 12.8 Å². The van der Waals surface area contributed by atoms with E-state index < -0.39 is 17.0 Å². The van der Waals surface area contributed by atoms with Crippen molar-refractivity contribution >= 4 is 18.6 Å². The molecule has 1 aliphatic rings. The molecule has 4 aromatic rings. The average Bonchev–Trinajstić information content (AvgIpc) is 3.36. The summed E-state index contributed by atoms with van der Waals surface area (Å²) < 4.78 is 0. The van der Waals surface area contributed by atoms with Crippen LogP contribution in [0.3, 0.4) is 0 Å². The Bertz CT molecular complexity index is 1280. The predicted octanol–water partition coefficient (Wildman–Crippen LogP) is 10.9. The molecule has 2 atom stereocenters. The Morgan fingerprint density at radius 1 is 0.718 bits per heavy atom. The first-order chi connectivity index (χ1) is 18.2. The van der Waals surface area contributed by atoms with Gasteiger partial charge >= 0.3 is 35.6 Å². The van der Waals surface area contributed by atoms with E-state index >= 15 is 0 Å². The van der Waals surface area contributed by atoms with Gasteiger partial charge in [0.25, 0.3) is 0 Å². The van der Waals surface area contributed by atoms with Gasteiger partial charge in [0.05, 0.1) is 0 Å². The molecule has 0 aliphatic heterocycles. The normalized spacial score (nSPS) is 18.5. The zero-order chi connectivity index (χ0) is 27.3. The van der Waals surface area contributed by atoms with Crippen LogP contribution in [0.25, 0.3) is 11.1 Å². The van der Waals surface area contributed by atoms with Crippen molar-refractivity contribution in [1.82, 2.24) is 0 Å². The van der Waals surface area contributed by atoms with Crippen molar-refractivity contribution < 1.29 is 22.1 Å². The molecule has 0 saturated heterocycles. The fourth-order valence-corrected chi connectivity index (χ4v) is 6.08. The molecule has 0 radical (unpaired) electrons. The van der Waals surface area contributed by atoms with Gasteiger partial charge < -0.3 is 12.5 Å². The molecule has 204 valence electrons. The number of phenols is 1. The third-order valence-electron chi connectivity index (χ3n) is 7.77. The van der Waals surface area contributed by atoms with Gasteiger partial charge in [0.1, 0.15) is 5.75 Å². The summed E-state index contributed by atoms with van der Waals surface area (Å²) >= 11 is -0.556. The Morgan fingerprint density at radius 2 is 1.18 bits per heavy atom. The third-order valence-corrected chi connectivity index (χ3v) is 7.77. The summed E-state index contributed by atoms with van der Waals surface area (Å²) in [6.07, 6.45) is 2.22. The molecule has 4 aromatic carbocycles. The van der Waals surface area contributed by atoms with Crippen molar-refractivity contribution in [3.63, 3.8) is 0 Å². The van der Waals surface area contributed by atoms with E-state index in [4.69, 9.17) is 18.6 Å². The van der Waals surface area contributed by atoms with Gasteiger partial charge in [-0.05, 0) is 76.8 Å². The molecule has 1 N–H and O–H groups in total. The van der Waals surface area contributed by atoms with Crippen LogP contribution in [0, 0.1) is 14.4 Å². The van der Waals surface area contributed by atoms with Crippen LogP contribution in [-0.2, 0) is 22.4 Å². The molecule has 39 heavy (non-hydrogen) atoms. The van der Waals surface area contributed by atoms with Gasteiger partial charge in [-0.15, -0.1) is 0 Å². The molecule has 1 fully saturated rings. The summed E-state index contributed by atoms with van der Waals surface area (Å²) in [6.45, 7) is 8.64. The van der Waals surface area contributed by atoms with Crippen LogP contribution in [0.1, 0.15) is 79.2 Å². The molecule has 0 heterocycles. The number of rotatable bonds is 4. The molecular weight excluding hydrogens is 555 g/mol. The monoisotopic (exact) mass is 593 g/mol. The first-order valence-corrected chi connectivity index (χ1v) is 17.5. The number of phenolic OH excluding ortho intramolecular Hbond substituents is 1. The minimum absolute atomic E-state index is 0. The van der Waals surface area contributed by atoms with Crippen LogP contribution in [0.4, 0.5) is 0 Å². The van der Waals surface area contributed by atoms with Gasteiger partial charge in [0, 0.05) is 11.1 Å². The van der Waals surface area contributed by atoms with E-state index in [1.807, 2.05) is 0 Å². The summed E-state index contributed by atoms with van der Waals surface area (Å²) in [4.78, 5) is 0. The van der Waals surface area contributed by atoms with E-state index in [1.165, 1.54) is 27.8 Å². The van der Waals surface area contributed by atoms with Crippen molar-refractivity contribution in [1.29, 1.82) is 0 Å². The maximum atomic E-state index is 11.4. The molecule has 1 nitrogen and oxygen atoms in total. The summed E-state index contributed by atoms with van der Waals surface area (Å²) in [5.74, 6) is 1.81. The quantitative estimate of drug-likeness (QED) is 0.184. The summed E-state index contributed by atoms with van der Waals surface area (Å²) in [5.41, 5.74) is 8.42. The summed E-state index contributed by atoms with van der Waals surface area (Å²) in [6, 6.07) is 35.1. The van der Waals surface area contributed by atoms with Crippen LogP contribution in [0.15, 0.2) is 97.1 Å². The molecule has 4 heteroatoms. The van der Waals surface area contributed by atoms with Crippen LogP contribution in [-0.4, -0.2) is 5.11 Å². The zero-order valence-electron chi connectivity index (χ0n) is 23.6. The topological polar surface area (TPSA) is 20.2 Å². The van der Waals surface area contributed by atoms with Crippen molar-refractivity contribution in [3.05, 3.63) is 132 Å². The first-order valence-electron chi connectivity index (χ1n) is 13.2. The Kier molecular flexibility index (Phi) is 11.3. The van der Waals surface area contributed by atoms with E-state index in [9.17, 15) is 5.11 Å². The number of aromatic hydroxyl groups is 1. The Balaban J connectivity index is 0.00000101. The van der Waals surface area contributed by atoms with Gasteiger partial charge in [-0.1, -0.05) is 112 Å². The fraction of sp³-hybridized carbons (Fsp3) is 0.286. The number of benzene rings is 4. The van der Waals surface area contributed by atoms with Crippen molar-refractivity contribution in [3.8, 4) is 16.9 Å². The van der Waals surface area contributed by atoms with Crippen molar-refractivity contribution in [2.75, 3.05) is 0 Å².